The van der Waals surface area contributed by atoms with E-state index in [2.05, 4.69) is 31.0 Å². The van der Waals surface area contributed by atoms with Gasteiger partial charge in [-0.15, -0.1) is 11.3 Å². The first-order valence-corrected chi connectivity index (χ1v) is 8.57. The van der Waals surface area contributed by atoms with E-state index in [4.69, 9.17) is 4.98 Å². The molecule has 1 aromatic rings. The molecule has 1 fully saturated rings. The average molecular weight is 281 g/mol. The Kier molecular flexibility index (Phi) is 5.64. The van der Waals surface area contributed by atoms with Gasteiger partial charge in [0.15, 0.2) is 5.13 Å². The van der Waals surface area contributed by atoms with E-state index < -0.39 is 0 Å². The van der Waals surface area contributed by atoms with Crippen molar-refractivity contribution in [3.05, 3.63) is 10.6 Å². The van der Waals surface area contributed by atoms with Crippen LogP contribution in [-0.4, -0.2) is 24.1 Å². The third-order valence-electron chi connectivity index (χ3n) is 3.91. The molecule has 0 radical (unpaired) electrons. The summed E-state index contributed by atoms with van der Waals surface area (Å²) in [5.41, 5.74) is 1.30. The smallest absolute Gasteiger partial charge is 0.186 e. The molecule has 0 aromatic carbocycles. The highest BCUT2D eigenvalue weighted by Gasteiger charge is 2.26. The highest BCUT2D eigenvalue weighted by atomic mass is 32.1. The Morgan fingerprint density at radius 2 is 2.21 bits per heavy atom. The molecule has 0 saturated carbocycles. The van der Waals surface area contributed by atoms with E-state index in [0.717, 1.165) is 19.5 Å². The number of anilines is 1. The first-order chi connectivity index (χ1) is 9.30. The van der Waals surface area contributed by atoms with Crippen molar-refractivity contribution in [3.8, 4) is 0 Å². The first kappa shape index (κ1) is 14.8. The minimum atomic E-state index is 0.715. The highest BCUT2D eigenvalue weighted by Crippen LogP contribution is 2.33. The van der Waals surface area contributed by atoms with E-state index >= 15 is 0 Å². The Morgan fingerprint density at radius 3 is 2.89 bits per heavy atom. The van der Waals surface area contributed by atoms with Gasteiger partial charge in [0, 0.05) is 24.0 Å². The minimum Gasteiger partial charge on any atom is -0.345 e. The number of hydrogen-bond donors (Lipinski definition) is 1. The summed E-state index contributed by atoms with van der Waals surface area (Å²) in [4.78, 5) is 8.86. The van der Waals surface area contributed by atoms with Gasteiger partial charge in [0.2, 0.25) is 0 Å². The number of aryl methyl sites for hydroxylation is 1. The minimum absolute atomic E-state index is 0.715. The van der Waals surface area contributed by atoms with Gasteiger partial charge in [0.05, 0.1) is 5.69 Å². The van der Waals surface area contributed by atoms with Crippen LogP contribution < -0.4 is 10.2 Å². The fraction of sp³-hybridized carbons (Fsp3) is 0.800. The second-order valence-corrected chi connectivity index (χ2v) is 6.36. The lowest BCUT2D eigenvalue weighted by Crippen LogP contribution is -2.28. The van der Waals surface area contributed by atoms with Crippen molar-refractivity contribution in [3.63, 3.8) is 0 Å². The molecule has 3 nitrogen and oxygen atoms in total. The fourth-order valence-electron chi connectivity index (χ4n) is 2.80. The first-order valence-electron chi connectivity index (χ1n) is 7.76. The Bertz CT molecular complexity index is 389. The predicted octanol–water partition coefficient (Wildman–Crippen LogP) is 3.58. The van der Waals surface area contributed by atoms with Crippen LogP contribution in [0.1, 0.15) is 57.0 Å². The molecule has 0 bridgehead atoms. The summed E-state index contributed by atoms with van der Waals surface area (Å²) < 4.78 is 0. The molecule has 108 valence electrons. The van der Waals surface area contributed by atoms with Gasteiger partial charge in [-0.2, -0.15) is 0 Å². The molecule has 1 aliphatic heterocycles. The number of aromatic nitrogens is 1. The van der Waals surface area contributed by atoms with Crippen LogP contribution in [0.15, 0.2) is 0 Å². The monoisotopic (exact) mass is 281 g/mol. The van der Waals surface area contributed by atoms with Crippen LogP contribution in [-0.2, 0) is 13.0 Å². The van der Waals surface area contributed by atoms with Gasteiger partial charge in [-0.1, -0.05) is 20.8 Å². The molecule has 0 aliphatic carbocycles. The maximum atomic E-state index is 4.89. The molecule has 2 heterocycles. The maximum absolute atomic E-state index is 4.89. The van der Waals surface area contributed by atoms with Crippen LogP contribution >= 0.6 is 11.3 Å². The average Bonchev–Trinajstić information content (AvgIpc) is 3.04. The maximum Gasteiger partial charge on any atom is 0.186 e. The predicted molar refractivity (Wildman–Crippen MR) is 84.1 cm³/mol. The Morgan fingerprint density at radius 1 is 1.37 bits per heavy atom. The number of nitrogens with zero attached hydrogens (tertiary/aromatic N) is 2. The van der Waals surface area contributed by atoms with E-state index in [-0.39, 0.29) is 0 Å². The normalized spacial score (nSPS) is 19.3. The molecular weight excluding hydrogens is 254 g/mol. The van der Waals surface area contributed by atoms with Crippen molar-refractivity contribution >= 4 is 16.5 Å². The zero-order valence-electron chi connectivity index (χ0n) is 12.5. The topological polar surface area (TPSA) is 28.2 Å². The number of thiazole rings is 1. The van der Waals surface area contributed by atoms with Crippen LogP contribution in [0.3, 0.4) is 0 Å². The third kappa shape index (κ3) is 3.48. The Balaban J connectivity index is 2.09. The molecule has 1 atom stereocenters. The van der Waals surface area contributed by atoms with E-state index in [1.165, 1.54) is 47.9 Å². The second-order valence-electron chi connectivity index (χ2n) is 5.29. The van der Waals surface area contributed by atoms with Crippen molar-refractivity contribution in [2.24, 2.45) is 0 Å². The van der Waals surface area contributed by atoms with Crippen LogP contribution in [0.5, 0.6) is 0 Å². The largest absolute Gasteiger partial charge is 0.345 e. The van der Waals surface area contributed by atoms with E-state index in [1.54, 1.807) is 0 Å². The summed E-state index contributed by atoms with van der Waals surface area (Å²) in [6.07, 6.45) is 6.13. The van der Waals surface area contributed by atoms with Gasteiger partial charge in [-0.25, -0.2) is 4.98 Å². The summed E-state index contributed by atoms with van der Waals surface area (Å²) in [6.45, 7) is 9.99. The molecule has 19 heavy (non-hydrogen) atoms. The van der Waals surface area contributed by atoms with Crippen molar-refractivity contribution in [2.75, 3.05) is 18.0 Å². The van der Waals surface area contributed by atoms with Crippen molar-refractivity contribution < 1.29 is 0 Å². The molecule has 1 saturated heterocycles. The van der Waals surface area contributed by atoms with Crippen molar-refractivity contribution in [1.29, 1.82) is 0 Å². The summed E-state index contributed by atoms with van der Waals surface area (Å²) in [5.74, 6) is 0. The summed E-state index contributed by atoms with van der Waals surface area (Å²) in [6, 6.07) is 0.715. The Hall–Kier alpha value is -0.610. The summed E-state index contributed by atoms with van der Waals surface area (Å²) >= 11 is 1.90. The highest BCUT2D eigenvalue weighted by molar-refractivity contribution is 7.15. The third-order valence-corrected chi connectivity index (χ3v) is 5.04. The van der Waals surface area contributed by atoms with Gasteiger partial charge in [-0.05, 0) is 38.6 Å². The molecular formula is C15H27N3S. The van der Waals surface area contributed by atoms with Gasteiger partial charge >= 0.3 is 0 Å². The Labute approximate surface area is 121 Å². The molecule has 2 rings (SSSR count). The SMILES string of the molecule is CCCNCc1sc(N2CCCC2CC)nc1CC. The van der Waals surface area contributed by atoms with Gasteiger partial charge in [0.25, 0.3) is 0 Å². The van der Waals surface area contributed by atoms with Crippen LogP contribution in [0, 0.1) is 0 Å². The van der Waals surface area contributed by atoms with Crippen LogP contribution in [0.2, 0.25) is 0 Å². The zero-order valence-corrected chi connectivity index (χ0v) is 13.4. The van der Waals surface area contributed by atoms with Gasteiger partial charge in [0.1, 0.15) is 0 Å². The van der Waals surface area contributed by atoms with E-state index in [0.29, 0.717) is 6.04 Å². The lowest BCUT2D eigenvalue weighted by atomic mass is 10.2. The quantitative estimate of drug-likeness (QED) is 0.774. The number of nitrogens with one attached hydrogen (secondary N) is 1. The van der Waals surface area contributed by atoms with Gasteiger partial charge < -0.3 is 10.2 Å². The van der Waals surface area contributed by atoms with Crippen LogP contribution in [0.25, 0.3) is 0 Å². The molecule has 4 heteroatoms. The number of hydrogen-bond acceptors (Lipinski definition) is 4. The molecule has 0 amide bonds. The second kappa shape index (κ2) is 7.25. The van der Waals surface area contributed by atoms with Gasteiger partial charge in [-0.3, -0.25) is 0 Å². The van der Waals surface area contributed by atoms with Crippen molar-refractivity contribution in [1.82, 2.24) is 10.3 Å². The fourth-order valence-corrected chi connectivity index (χ4v) is 4.01. The lowest BCUT2D eigenvalue weighted by molar-refractivity contribution is 0.643. The van der Waals surface area contributed by atoms with Crippen molar-refractivity contribution in [2.45, 2.75) is 65.5 Å². The standard InChI is InChI=1S/C15H27N3S/c1-4-9-16-11-14-13(6-3)17-15(19-14)18-10-7-8-12(18)5-2/h12,16H,4-11H2,1-3H3. The molecule has 1 N–H and O–H groups in total. The van der Waals surface area contributed by atoms with E-state index in [1.807, 2.05) is 11.3 Å². The lowest BCUT2D eigenvalue weighted by Gasteiger charge is -2.22. The molecule has 0 spiro atoms. The molecule has 1 unspecified atom stereocenters. The zero-order chi connectivity index (χ0) is 13.7. The molecule has 1 aliphatic rings. The van der Waals surface area contributed by atoms with E-state index in [9.17, 15) is 0 Å². The number of rotatable bonds is 7. The molecule has 1 aromatic heterocycles. The van der Waals surface area contributed by atoms with Crippen LogP contribution in [0.4, 0.5) is 5.13 Å². The summed E-state index contributed by atoms with van der Waals surface area (Å²) in [5, 5.41) is 4.77. The summed E-state index contributed by atoms with van der Waals surface area (Å²) in [7, 11) is 0.